The molecule has 0 fully saturated rings. The van der Waals surface area contributed by atoms with Gasteiger partial charge in [-0.3, -0.25) is 9.20 Å². The molecule has 0 saturated heterocycles. The van der Waals surface area contributed by atoms with E-state index in [1.165, 1.54) is 24.3 Å². The lowest BCUT2D eigenvalue weighted by molar-refractivity contribution is -0.138. The van der Waals surface area contributed by atoms with E-state index in [0.717, 1.165) is 46.4 Å². The summed E-state index contributed by atoms with van der Waals surface area (Å²) >= 11 is 0. The summed E-state index contributed by atoms with van der Waals surface area (Å²) in [5, 5.41) is 0.395. The molecule has 0 atom stereocenters. The monoisotopic (exact) mass is 564 g/mol. The number of para-hydroxylation sites is 1. The molecule has 0 amide bonds. The SMILES string of the molecule is Cc1cc2c(cc1C)n1c3ccccc3c(=O)c(-c3ccc(C(F)(F)F)cc3)c1n2Cc1ccc(C(F)(F)F)cc1. The van der Waals surface area contributed by atoms with E-state index in [9.17, 15) is 31.1 Å². The molecule has 0 unspecified atom stereocenters. The molecule has 0 aliphatic heterocycles. The number of hydrogen-bond acceptors (Lipinski definition) is 1. The topological polar surface area (TPSA) is 26.4 Å². The second kappa shape index (κ2) is 9.26. The van der Waals surface area contributed by atoms with Gasteiger partial charge in [-0.25, -0.2) is 0 Å². The maximum absolute atomic E-state index is 14.0. The molecule has 2 heterocycles. The highest BCUT2D eigenvalue weighted by Gasteiger charge is 2.31. The number of aryl methyl sites for hydroxylation is 2. The lowest BCUT2D eigenvalue weighted by Crippen LogP contribution is -2.13. The number of alkyl halides is 6. The fraction of sp³-hybridized carbons (Fsp3) is 0.156. The van der Waals surface area contributed by atoms with E-state index in [-0.39, 0.29) is 17.5 Å². The van der Waals surface area contributed by atoms with E-state index in [0.29, 0.717) is 27.7 Å². The Morgan fingerprint density at radius 1 is 0.659 bits per heavy atom. The van der Waals surface area contributed by atoms with Crippen LogP contribution in [0.15, 0.2) is 89.7 Å². The lowest BCUT2D eigenvalue weighted by Gasteiger charge is -2.14. The van der Waals surface area contributed by atoms with E-state index < -0.39 is 23.5 Å². The molecule has 0 aliphatic carbocycles. The molecule has 0 spiro atoms. The van der Waals surface area contributed by atoms with Gasteiger partial charge in [0, 0.05) is 11.9 Å². The summed E-state index contributed by atoms with van der Waals surface area (Å²) in [7, 11) is 0. The normalized spacial score (nSPS) is 12.6. The second-order valence-electron chi connectivity index (χ2n) is 10.2. The van der Waals surface area contributed by atoms with E-state index in [1.54, 1.807) is 24.3 Å². The molecule has 0 N–H and O–H groups in total. The number of benzene rings is 4. The Bertz CT molecular complexity index is 2010. The number of pyridine rings is 1. The van der Waals surface area contributed by atoms with Crippen molar-refractivity contribution >= 4 is 27.6 Å². The fourth-order valence-electron chi connectivity index (χ4n) is 5.35. The molecule has 6 aromatic rings. The summed E-state index contributed by atoms with van der Waals surface area (Å²) < 4.78 is 83.5. The van der Waals surface area contributed by atoms with Crippen LogP contribution in [0.5, 0.6) is 0 Å². The van der Waals surface area contributed by atoms with Gasteiger partial charge in [0.25, 0.3) is 0 Å². The maximum Gasteiger partial charge on any atom is 0.416 e. The van der Waals surface area contributed by atoms with Crippen LogP contribution in [0.4, 0.5) is 26.3 Å². The molecule has 3 nitrogen and oxygen atoms in total. The van der Waals surface area contributed by atoms with Crippen molar-refractivity contribution in [2.75, 3.05) is 0 Å². The maximum atomic E-state index is 14.0. The molecular weight excluding hydrogens is 542 g/mol. The minimum Gasteiger partial charge on any atom is -0.320 e. The number of fused-ring (bicyclic) bond motifs is 5. The average molecular weight is 565 g/mol. The minimum atomic E-state index is -4.54. The molecule has 0 radical (unpaired) electrons. The zero-order valence-corrected chi connectivity index (χ0v) is 21.9. The number of halogens is 6. The highest BCUT2D eigenvalue weighted by atomic mass is 19.4. The first-order valence-electron chi connectivity index (χ1n) is 12.8. The molecule has 0 saturated carbocycles. The van der Waals surface area contributed by atoms with Crippen LogP contribution in [-0.2, 0) is 18.9 Å². The number of aromatic nitrogens is 2. The third-order valence-electron chi connectivity index (χ3n) is 7.55. The van der Waals surface area contributed by atoms with Crippen LogP contribution in [0.2, 0.25) is 0 Å². The lowest BCUT2D eigenvalue weighted by atomic mass is 10.0. The van der Waals surface area contributed by atoms with Gasteiger partial charge in [0.15, 0.2) is 5.43 Å². The zero-order valence-electron chi connectivity index (χ0n) is 21.9. The van der Waals surface area contributed by atoms with Crippen molar-refractivity contribution in [2.24, 2.45) is 0 Å². The van der Waals surface area contributed by atoms with Crippen LogP contribution in [0.3, 0.4) is 0 Å². The number of hydrogen-bond donors (Lipinski definition) is 0. The van der Waals surface area contributed by atoms with E-state index in [1.807, 2.05) is 34.9 Å². The molecular formula is C32H22F6N2O. The van der Waals surface area contributed by atoms with Crippen LogP contribution >= 0.6 is 0 Å². The molecule has 6 rings (SSSR count). The van der Waals surface area contributed by atoms with Crippen LogP contribution < -0.4 is 5.43 Å². The van der Waals surface area contributed by atoms with Crippen molar-refractivity contribution < 1.29 is 26.3 Å². The van der Waals surface area contributed by atoms with Crippen LogP contribution in [0, 0.1) is 13.8 Å². The van der Waals surface area contributed by atoms with Crippen molar-refractivity contribution in [2.45, 2.75) is 32.7 Å². The van der Waals surface area contributed by atoms with Gasteiger partial charge in [0.05, 0.1) is 33.2 Å². The van der Waals surface area contributed by atoms with Gasteiger partial charge in [0.1, 0.15) is 5.65 Å². The number of imidazole rings is 1. The second-order valence-corrected chi connectivity index (χ2v) is 10.2. The smallest absolute Gasteiger partial charge is 0.320 e. The van der Waals surface area contributed by atoms with Gasteiger partial charge < -0.3 is 4.57 Å². The van der Waals surface area contributed by atoms with Crippen LogP contribution in [0.25, 0.3) is 38.7 Å². The Labute approximate surface area is 229 Å². The number of rotatable bonds is 3. The average Bonchev–Trinajstić information content (AvgIpc) is 3.21. The first-order chi connectivity index (χ1) is 19.3. The molecule has 0 bridgehead atoms. The number of nitrogens with zero attached hydrogens (tertiary/aromatic N) is 2. The highest BCUT2D eigenvalue weighted by molar-refractivity contribution is 5.98. The first-order valence-corrected chi connectivity index (χ1v) is 12.8. The standard InChI is InChI=1S/C32H22F6N2O/c1-18-15-26-27(16-19(18)2)40-25-6-4-3-5-24(25)29(41)28(21-9-13-23(14-10-21)32(36,37)38)30(40)39(26)17-20-7-11-22(12-8-20)31(33,34)35/h3-16H,17H2,1-2H3. The molecule has 0 aliphatic rings. The summed E-state index contributed by atoms with van der Waals surface area (Å²) in [6.45, 7) is 4.02. The Hall–Kier alpha value is -4.53. The summed E-state index contributed by atoms with van der Waals surface area (Å²) in [6.07, 6.45) is -9.03. The highest BCUT2D eigenvalue weighted by Crippen LogP contribution is 2.36. The van der Waals surface area contributed by atoms with Gasteiger partial charge in [-0.15, -0.1) is 0 Å². The van der Waals surface area contributed by atoms with Crippen molar-refractivity contribution in [1.29, 1.82) is 0 Å². The third-order valence-corrected chi connectivity index (χ3v) is 7.55. The summed E-state index contributed by atoms with van der Waals surface area (Å²) in [5.41, 5.74) is 3.61. The Kier molecular flexibility index (Phi) is 6.02. The van der Waals surface area contributed by atoms with Crippen molar-refractivity contribution in [3.63, 3.8) is 0 Å². The Morgan fingerprint density at radius 3 is 1.78 bits per heavy atom. The van der Waals surface area contributed by atoms with E-state index in [2.05, 4.69) is 0 Å². The largest absolute Gasteiger partial charge is 0.416 e. The Morgan fingerprint density at radius 2 is 1.20 bits per heavy atom. The predicted molar refractivity (Wildman–Crippen MR) is 147 cm³/mol. The molecule has 4 aromatic carbocycles. The van der Waals surface area contributed by atoms with Gasteiger partial charge in [0.2, 0.25) is 0 Å². The van der Waals surface area contributed by atoms with Crippen molar-refractivity contribution in [1.82, 2.24) is 8.97 Å². The first kappa shape index (κ1) is 26.7. The molecule has 41 heavy (non-hydrogen) atoms. The fourth-order valence-corrected chi connectivity index (χ4v) is 5.35. The molecule has 2 aromatic heterocycles. The summed E-state index contributed by atoms with van der Waals surface area (Å²) in [6, 6.07) is 20.2. The minimum absolute atomic E-state index is 0.124. The van der Waals surface area contributed by atoms with Crippen LogP contribution in [-0.4, -0.2) is 8.97 Å². The van der Waals surface area contributed by atoms with E-state index >= 15 is 0 Å². The van der Waals surface area contributed by atoms with Crippen molar-refractivity contribution in [3.05, 3.63) is 123 Å². The van der Waals surface area contributed by atoms with Gasteiger partial charge >= 0.3 is 12.4 Å². The van der Waals surface area contributed by atoms with Crippen molar-refractivity contribution in [3.8, 4) is 11.1 Å². The summed E-state index contributed by atoms with van der Waals surface area (Å²) in [5.74, 6) is 0. The van der Waals surface area contributed by atoms with E-state index in [4.69, 9.17) is 0 Å². The predicted octanol–water partition coefficient (Wildman–Crippen LogP) is 8.78. The third kappa shape index (κ3) is 4.45. The zero-order chi connectivity index (χ0) is 29.3. The van der Waals surface area contributed by atoms with Gasteiger partial charge in [-0.2, -0.15) is 26.3 Å². The van der Waals surface area contributed by atoms with Crippen LogP contribution in [0.1, 0.15) is 27.8 Å². The van der Waals surface area contributed by atoms with Gasteiger partial charge in [-0.05, 0) is 84.6 Å². The summed E-state index contributed by atoms with van der Waals surface area (Å²) in [4.78, 5) is 14.0. The quantitative estimate of drug-likeness (QED) is 0.197. The Balaban J connectivity index is 1.72. The molecule has 9 heteroatoms. The molecule has 208 valence electrons. The van der Waals surface area contributed by atoms with Gasteiger partial charge in [-0.1, -0.05) is 36.4 Å².